The van der Waals surface area contributed by atoms with Crippen LogP contribution in [0.5, 0.6) is 0 Å². The normalized spacial score (nSPS) is 15.2. The van der Waals surface area contributed by atoms with Crippen LogP contribution in [0.25, 0.3) is 27.8 Å². The van der Waals surface area contributed by atoms with Crippen LogP contribution in [0.15, 0.2) is 53.3 Å². The summed E-state index contributed by atoms with van der Waals surface area (Å²) in [5.74, 6) is 1.26. The molecule has 0 spiro atoms. The first-order valence-corrected chi connectivity index (χ1v) is 11.1. The van der Waals surface area contributed by atoms with E-state index < -0.39 is 0 Å². The van der Waals surface area contributed by atoms with E-state index >= 15 is 0 Å². The van der Waals surface area contributed by atoms with Crippen molar-refractivity contribution in [1.29, 1.82) is 0 Å². The van der Waals surface area contributed by atoms with E-state index in [1.165, 1.54) is 24.8 Å². The van der Waals surface area contributed by atoms with Crippen LogP contribution in [0, 0.1) is 0 Å². The van der Waals surface area contributed by atoms with Gasteiger partial charge in [0.25, 0.3) is 5.56 Å². The number of para-hydroxylation sites is 1. The third-order valence-electron chi connectivity index (χ3n) is 6.11. The minimum Gasteiger partial charge on any atom is -0.296 e. The molecule has 0 unspecified atom stereocenters. The van der Waals surface area contributed by atoms with E-state index in [1.54, 1.807) is 4.52 Å². The average molecular weight is 414 g/mol. The molecule has 4 aromatic rings. The number of benzene rings is 2. The molecule has 1 aliphatic heterocycles. The number of hydrogen-bond acceptors (Lipinski definition) is 5. The van der Waals surface area contributed by atoms with Gasteiger partial charge in [0.05, 0.1) is 12.1 Å². The Morgan fingerprint density at radius 1 is 0.935 bits per heavy atom. The molecule has 2 aromatic heterocycles. The second kappa shape index (κ2) is 8.19. The zero-order chi connectivity index (χ0) is 21.4. The maximum Gasteiger partial charge on any atom is 0.300 e. The van der Waals surface area contributed by atoms with Crippen LogP contribution < -0.4 is 5.56 Å². The fraction of sp³-hybridized carbons (Fsp3) is 0.360. The van der Waals surface area contributed by atoms with Crippen LogP contribution in [-0.2, 0) is 6.54 Å². The van der Waals surface area contributed by atoms with E-state index in [1.807, 2.05) is 36.4 Å². The quantitative estimate of drug-likeness (QED) is 0.464. The summed E-state index contributed by atoms with van der Waals surface area (Å²) in [6.45, 7) is 7.14. The highest BCUT2D eigenvalue weighted by Gasteiger charge is 2.18. The predicted molar refractivity (Wildman–Crippen MR) is 123 cm³/mol. The summed E-state index contributed by atoms with van der Waals surface area (Å²) in [4.78, 5) is 24.8. The topological polar surface area (TPSA) is 63.4 Å². The number of rotatable bonds is 4. The van der Waals surface area contributed by atoms with Crippen molar-refractivity contribution in [2.45, 2.75) is 45.6 Å². The third-order valence-corrected chi connectivity index (χ3v) is 6.11. The van der Waals surface area contributed by atoms with Gasteiger partial charge in [0.2, 0.25) is 0 Å². The Labute approximate surface area is 181 Å². The lowest BCUT2D eigenvalue weighted by Gasteiger charge is -2.26. The standard InChI is InChI=1S/C25H27N5O/c1-17(2)18-10-12-19(13-11-18)23-25(31)27-24-20-8-4-5-9-21(20)26-22(30(24)28-23)16-29-14-6-3-7-15-29/h4-5,8-13,17H,3,6-7,14-16H2,1-2H3. The van der Waals surface area contributed by atoms with Crippen LogP contribution in [0.2, 0.25) is 0 Å². The first-order valence-electron chi connectivity index (χ1n) is 11.1. The first kappa shape index (κ1) is 19.8. The van der Waals surface area contributed by atoms with Gasteiger partial charge < -0.3 is 0 Å². The minimum absolute atomic E-state index is 0.308. The van der Waals surface area contributed by atoms with Gasteiger partial charge >= 0.3 is 0 Å². The molecular formula is C25H27N5O. The molecule has 2 aromatic carbocycles. The van der Waals surface area contributed by atoms with Gasteiger partial charge in [0.15, 0.2) is 11.3 Å². The zero-order valence-electron chi connectivity index (χ0n) is 18.1. The van der Waals surface area contributed by atoms with Crippen molar-refractivity contribution >= 4 is 16.6 Å². The van der Waals surface area contributed by atoms with E-state index in [9.17, 15) is 4.79 Å². The number of aromatic nitrogens is 4. The number of nitrogens with zero attached hydrogens (tertiary/aromatic N) is 5. The Bertz CT molecular complexity index is 1290. The molecule has 0 radical (unpaired) electrons. The fourth-order valence-corrected chi connectivity index (χ4v) is 4.31. The third kappa shape index (κ3) is 3.83. The Morgan fingerprint density at radius 2 is 1.68 bits per heavy atom. The van der Waals surface area contributed by atoms with Gasteiger partial charge in [0, 0.05) is 10.9 Å². The second-order valence-corrected chi connectivity index (χ2v) is 8.66. The average Bonchev–Trinajstić information content (AvgIpc) is 2.79. The van der Waals surface area contributed by atoms with Crippen molar-refractivity contribution in [3.8, 4) is 11.3 Å². The van der Waals surface area contributed by atoms with E-state index in [2.05, 4.69) is 35.9 Å². The van der Waals surface area contributed by atoms with Crippen molar-refractivity contribution < 1.29 is 0 Å². The van der Waals surface area contributed by atoms with Crippen molar-refractivity contribution in [3.05, 3.63) is 70.3 Å². The van der Waals surface area contributed by atoms with Crippen LogP contribution in [-0.4, -0.2) is 37.6 Å². The molecule has 1 aliphatic rings. The number of piperidine rings is 1. The summed E-state index contributed by atoms with van der Waals surface area (Å²) in [6, 6.07) is 15.9. The van der Waals surface area contributed by atoms with Crippen LogP contribution >= 0.6 is 0 Å². The highest BCUT2D eigenvalue weighted by atomic mass is 16.1. The van der Waals surface area contributed by atoms with E-state index in [0.717, 1.165) is 35.4 Å². The monoisotopic (exact) mass is 413 g/mol. The lowest BCUT2D eigenvalue weighted by molar-refractivity contribution is 0.214. The maximum atomic E-state index is 13.0. The lowest BCUT2D eigenvalue weighted by atomic mass is 10.0. The second-order valence-electron chi connectivity index (χ2n) is 8.66. The summed E-state index contributed by atoms with van der Waals surface area (Å²) in [5.41, 5.74) is 3.49. The smallest absolute Gasteiger partial charge is 0.296 e. The summed E-state index contributed by atoms with van der Waals surface area (Å²) in [7, 11) is 0. The lowest BCUT2D eigenvalue weighted by Crippen LogP contribution is -2.31. The molecular weight excluding hydrogens is 386 g/mol. The Kier molecular flexibility index (Phi) is 5.24. The van der Waals surface area contributed by atoms with E-state index in [4.69, 9.17) is 10.1 Å². The van der Waals surface area contributed by atoms with Crippen LogP contribution in [0.1, 0.15) is 50.4 Å². The summed E-state index contributed by atoms with van der Waals surface area (Å²) in [5, 5.41) is 5.63. The molecule has 0 atom stereocenters. The molecule has 3 heterocycles. The SMILES string of the molecule is CC(C)c1ccc(-c2nn3c(CN4CCCCC4)nc4ccccc4c3nc2=O)cc1. The molecule has 1 fully saturated rings. The first-order chi connectivity index (χ1) is 15.1. The van der Waals surface area contributed by atoms with Gasteiger partial charge in [0.1, 0.15) is 5.82 Å². The van der Waals surface area contributed by atoms with Gasteiger partial charge in [-0.25, -0.2) is 4.98 Å². The van der Waals surface area contributed by atoms with Crippen molar-refractivity contribution in [2.24, 2.45) is 0 Å². The van der Waals surface area contributed by atoms with Crippen LogP contribution in [0.3, 0.4) is 0 Å². The minimum atomic E-state index is -0.308. The van der Waals surface area contributed by atoms with E-state index in [0.29, 0.717) is 23.8 Å². The molecule has 0 bridgehead atoms. The zero-order valence-corrected chi connectivity index (χ0v) is 18.1. The number of likely N-dealkylation sites (tertiary alicyclic amines) is 1. The van der Waals surface area contributed by atoms with Crippen molar-refractivity contribution in [1.82, 2.24) is 24.5 Å². The molecule has 0 amide bonds. The molecule has 5 rings (SSSR count). The number of hydrogen-bond donors (Lipinski definition) is 0. The molecule has 1 saturated heterocycles. The molecule has 0 aliphatic carbocycles. The molecule has 6 heteroatoms. The van der Waals surface area contributed by atoms with Gasteiger partial charge in [-0.15, -0.1) is 0 Å². The largest absolute Gasteiger partial charge is 0.300 e. The molecule has 158 valence electrons. The van der Waals surface area contributed by atoms with Gasteiger partial charge in [-0.05, 0) is 49.5 Å². The Hall–Kier alpha value is -3.12. The Balaban J connectivity index is 1.68. The Morgan fingerprint density at radius 3 is 2.42 bits per heavy atom. The summed E-state index contributed by atoms with van der Waals surface area (Å²) >= 11 is 0. The van der Waals surface area contributed by atoms with E-state index in [-0.39, 0.29) is 5.56 Å². The number of fused-ring (bicyclic) bond motifs is 3. The molecule has 0 N–H and O–H groups in total. The molecule has 0 saturated carbocycles. The summed E-state index contributed by atoms with van der Waals surface area (Å²) in [6.07, 6.45) is 3.70. The predicted octanol–water partition coefficient (Wildman–Crippen LogP) is 4.41. The highest BCUT2D eigenvalue weighted by molar-refractivity contribution is 5.91. The van der Waals surface area contributed by atoms with Gasteiger partial charge in [-0.2, -0.15) is 14.6 Å². The summed E-state index contributed by atoms with van der Waals surface area (Å²) < 4.78 is 1.78. The van der Waals surface area contributed by atoms with Crippen molar-refractivity contribution in [2.75, 3.05) is 13.1 Å². The van der Waals surface area contributed by atoms with Crippen molar-refractivity contribution in [3.63, 3.8) is 0 Å². The van der Waals surface area contributed by atoms with Gasteiger partial charge in [-0.1, -0.05) is 56.7 Å². The highest BCUT2D eigenvalue weighted by Crippen LogP contribution is 2.22. The fourth-order valence-electron chi connectivity index (χ4n) is 4.31. The molecule has 6 nitrogen and oxygen atoms in total. The van der Waals surface area contributed by atoms with Gasteiger partial charge in [-0.3, -0.25) is 9.69 Å². The van der Waals surface area contributed by atoms with Crippen LogP contribution in [0.4, 0.5) is 0 Å². The molecule has 31 heavy (non-hydrogen) atoms. The maximum absolute atomic E-state index is 13.0.